The number of aromatic nitrogens is 1. The normalized spacial score (nSPS) is 36.1. The van der Waals surface area contributed by atoms with Crippen molar-refractivity contribution in [3.05, 3.63) is 18.3 Å². The van der Waals surface area contributed by atoms with Crippen LogP contribution in [0.3, 0.4) is 0 Å². The highest BCUT2D eigenvalue weighted by molar-refractivity contribution is 7.98. The molecule has 0 saturated heterocycles. The summed E-state index contributed by atoms with van der Waals surface area (Å²) in [5.41, 5.74) is 1.00. The molecule has 6 heteroatoms. The van der Waals surface area contributed by atoms with Crippen molar-refractivity contribution >= 4 is 23.9 Å². The van der Waals surface area contributed by atoms with Gasteiger partial charge in [0.05, 0.1) is 6.61 Å². The molecule has 0 spiro atoms. The van der Waals surface area contributed by atoms with Gasteiger partial charge in [-0.3, -0.25) is 4.72 Å². The third-order valence-corrected chi connectivity index (χ3v) is 13.4. The van der Waals surface area contributed by atoms with Crippen molar-refractivity contribution < 1.29 is 9.53 Å². The first-order chi connectivity index (χ1) is 19.8. The molecule has 5 nitrogen and oxygen atoms in total. The van der Waals surface area contributed by atoms with Crippen molar-refractivity contribution in [2.24, 2.45) is 46.3 Å². The summed E-state index contributed by atoms with van der Waals surface area (Å²) in [4.78, 5) is 20.4. The molecule has 0 radical (unpaired) electrons. The lowest BCUT2D eigenvalue weighted by Crippen LogP contribution is -2.55. The summed E-state index contributed by atoms with van der Waals surface area (Å²) >= 11 is 1.29. The minimum atomic E-state index is -0.338. The highest BCUT2D eigenvalue weighted by Gasteiger charge is 2.61. The molecule has 0 bridgehead atoms. The van der Waals surface area contributed by atoms with E-state index < -0.39 is 0 Å². The van der Waals surface area contributed by atoms with E-state index in [2.05, 4.69) is 49.2 Å². The van der Waals surface area contributed by atoms with Crippen LogP contribution >= 0.6 is 11.9 Å². The number of rotatable bonds is 11. The van der Waals surface area contributed by atoms with E-state index in [-0.39, 0.29) is 6.09 Å². The summed E-state index contributed by atoms with van der Waals surface area (Å²) in [6, 6.07) is 4.08. The van der Waals surface area contributed by atoms with Crippen LogP contribution in [0, 0.1) is 46.3 Å². The Labute approximate surface area is 254 Å². The van der Waals surface area contributed by atoms with E-state index in [0.717, 1.165) is 59.8 Å². The number of carbonyl (C=O) groups excluding carboxylic acids is 1. The maximum absolute atomic E-state index is 12.5. The van der Waals surface area contributed by atoms with Crippen LogP contribution in [-0.2, 0) is 4.74 Å². The summed E-state index contributed by atoms with van der Waals surface area (Å²) in [5.74, 6) is 6.31. The second-order valence-corrected chi connectivity index (χ2v) is 15.3. The van der Waals surface area contributed by atoms with Gasteiger partial charge in [0.1, 0.15) is 5.82 Å². The molecule has 1 heterocycles. The van der Waals surface area contributed by atoms with Crippen LogP contribution in [0.1, 0.15) is 118 Å². The molecule has 4 saturated carbocycles. The van der Waals surface area contributed by atoms with Crippen molar-refractivity contribution in [3.8, 4) is 0 Å². The van der Waals surface area contributed by atoms with Gasteiger partial charge in [-0.25, -0.2) is 9.78 Å². The average Bonchev–Trinajstić information content (AvgIpc) is 3.32. The van der Waals surface area contributed by atoms with Crippen molar-refractivity contribution in [2.45, 2.75) is 123 Å². The minimum absolute atomic E-state index is 0.338. The zero-order valence-corrected chi connectivity index (χ0v) is 27.4. The Balaban J connectivity index is 1.10. The number of hydrogen-bond donors (Lipinski definition) is 1. The number of anilines is 1. The van der Waals surface area contributed by atoms with Gasteiger partial charge in [-0.1, -0.05) is 53.4 Å². The third kappa shape index (κ3) is 6.29. The van der Waals surface area contributed by atoms with Crippen molar-refractivity contribution in [3.63, 3.8) is 0 Å². The fourth-order valence-corrected chi connectivity index (χ4v) is 10.9. The smallest absolute Gasteiger partial charge is 0.417 e. The minimum Gasteiger partial charge on any atom is -0.449 e. The summed E-state index contributed by atoms with van der Waals surface area (Å²) in [6.45, 7) is 14.6. The first kappa shape index (κ1) is 31.0. The zero-order valence-electron chi connectivity index (χ0n) is 26.6. The number of pyridine rings is 1. The summed E-state index contributed by atoms with van der Waals surface area (Å²) in [6.07, 6.45) is 19.1. The molecular formula is C35H57N3O2S. The van der Waals surface area contributed by atoms with E-state index >= 15 is 0 Å². The van der Waals surface area contributed by atoms with E-state index in [1.807, 2.05) is 18.3 Å². The van der Waals surface area contributed by atoms with Crippen LogP contribution in [0.2, 0.25) is 0 Å². The predicted molar refractivity (Wildman–Crippen MR) is 171 cm³/mol. The molecule has 8 atom stereocenters. The highest BCUT2D eigenvalue weighted by Crippen LogP contribution is 2.69. The molecule has 4 aliphatic carbocycles. The van der Waals surface area contributed by atoms with E-state index in [1.165, 1.54) is 89.0 Å². The molecule has 1 N–H and O–H groups in total. The van der Waals surface area contributed by atoms with Crippen molar-refractivity contribution in [2.75, 3.05) is 24.6 Å². The second kappa shape index (κ2) is 13.5. The molecule has 0 aliphatic heterocycles. The topological polar surface area (TPSA) is 54.5 Å². The fourth-order valence-electron chi connectivity index (χ4n) is 10.4. The number of amides is 1. The number of unbranched alkanes of at least 4 members (excludes halogenated alkanes) is 1. The summed E-state index contributed by atoms with van der Waals surface area (Å²) in [7, 11) is 0. The molecule has 6 unspecified atom stereocenters. The first-order valence-electron chi connectivity index (χ1n) is 17.1. The molecule has 41 heavy (non-hydrogen) atoms. The van der Waals surface area contributed by atoms with Gasteiger partial charge in [0.25, 0.3) is 0 Å². The van der Waals surface area contributed by atoms with Gasteiger partial charge in [-0.05, 0) is 135 Å². The van der Waals surface area contributed by atoms with Crippen molar-refractivity contribution in [1.82, 2.24) is 9.71 Å². The van der Waals surface area contributed by atoms with Crippen LogP contribution in [-0.4, -0.2) is 30.8 Å². The highest BCUT2D eigenvalue weighted by atomic mass is 32.2. The molecule has 5 rings (SSSR count). The Morgan fingerprint density at radius 1 is 1.05 bits per heavy atom. The molecule has 1 aromatic rings. The van der Waals surface area contributed by atoms with Gasteiger partial charge in [0, 0.05) is 24.2 Å². The molecule has 1 aromatic heterocycles. The van der Waals surface area contributed by atoms with Crippen LogP contribution in [0.5, 0.6) is 0 Å². The quantitative estimate of drug-likeness (QED) is 0.263. The standard InChI is InChI=1S/C35H57N3O2S/c1-6-9-21-38(8-3)32-16-14-27(24-36-32)41-37-33(39)40-22-18-26-13-15-30-28-23-25(7-2)29-12-10-11-19-35(29,5)31(28)17-20-34(26,30)4/h14,16,24-26,28-31H,6-13,15,17-23H2,1-5H3,(H,37,39)/t25-,26?,28?,29?,30?,31-,34?,35?/m0/s1. The van der Waals surface area contributed by atoms with Crippen LogP contribution in [0.25, 0.3) is 0 Å². The Hall–Kier alpha value is -1.43. The average molecular weight is 584 g/mol. The molecule has 1 amide bonds. The molecular weight excluding hydrogens is 526 g/mol. The van der Waals surface area contributed by atoms with Crippen LogP contribution in [0.4, 0.5) is 10.6 Å². The van der Waals surface area contributed by atoms with E-state index in [9.17, 15) is 4.79 Å². The monoisotopic (exact) mass is 583 g/mol. The summed E-state index contributed by atoms with van der Waals surface area (Å²) in [5, 5.41) is 0. The second-order valence-electron chi connectivity index (χ2n) is 14.4. The predicted octanol–water partition coefficient (Wildman–Crippen LogP) is 9.52. The molecule has 4 aliphatic rings. The molecule has 230 valence electrons. The van der Waals surface area contributed by atoms with E-state index in [1.54, 1.807) is 0 Å². The number of ether oxygens (including phenoxy) is 1. The van der Waals surface area contributed by atoms with Crippen LogP contribution in [0.15, 0.2) is 23.2 Å². The van der Waals surface area contributed by atoms with Gasteiger partial charge < -0.3 is 9.64 Å². The summed E-state index contributed by atoms with van der Waals surface area (Å²) < 4.78 is 8.57. The number of hydrogen-bond acceptors (Lipinski definition) is 5. The maximum Gasteiger partial charge on any atom is 0.417 e. The Kier molecular flexibility index (Phi) is 10.2. The largest absolute Gasteiger partial charge is 0.449 e. The molecule has 4 fully saturated rings. The Morgan fingerprint density at radius 3 is 2.61 bits per heavy atom. The number of nitrogens with one attached hydrogen (secondary N) is 1. The molecule has 0 aromatic carbocycles. The van der Waals surface area contributed by atoms with Gasteiger partial charge in [0.2, 0.25) is 0 Å². The number of carbonyl (C=O) groups is 1. The van der Waals surface area contributed by atoms with Gasteiger partial charge >= 0.3 is 6.09 Å². The zero-order chi connectivity index (χ0) is 29.0. The Bertz CT molecular complexity index is 1000. The number of fused-ring (bicyclic) bond motifs is 5. The van der Waals surface area contributed by atoms with E-state index in [0.29, 0.717) is 23.4 Å². The maximum atomic E-state index is 12.5. The van der Waals surface area contributed by atoms with Gasteiger partial charge in [-0.15, -0.1) is 0 Å². The first-order valence-corrected chi connectivity index (χ1v) is 18.0. The lowest BCUT2D eigenvalue weighted by atomic mass is 9.42. The Morgan fingerprint density at radius 2 is 1.88 bits per heavy atom. The van der Waals surface area contributed by atoms with Gasteiger partial charge in [-0.2, -0.15) is 0 Å². The van der Waals surface area contributed by atoms with E-state index in [4.69, 9.17) is 4.74 Å². The SMILES string of the molecule is CCCCN(CC)c1ccc(SNC(=O)OCCC2CCC3C4C[C@H](CC)C5CCCCC5(C)[C@H]4CCC23C)cn1. The van der Waals surface area contributed by atoms with Crippen molar-refractivity contribution in [1.29, 1.82) is 0 Å². The lowest BCUT2D eigenvalue weighted by molar-refractivity contribution is -0.136. The van der Waals surface area contributed by atoms with Gasteiger partial charge in [0.15, 0.2) is 0 Å². The third-order valence-electron chi connectivity index (χ3n) is 12.6. The van der Waals surface area contributed by atoms with Crippen LogP contribution < -0.4 is 9.62 Å². The lowest BCUT2D eigenvalue weighted by Gasteiger charge is -2.62. The number of nitrogens with zero attached hydrogens (tertiary/aromatic N) is 2. The fraction of sp³-hybridized carbons (Fsp3) is 0.829.